The van der Waals surface area contributed by atoms with Crippen molar-refractivity contribution in [2.24, 2.45) is 11.8 Å². The van der Waals surface area contributed by atoms with E-state index in [-0.39, 0.29) is 17.7 Å². The van der Waals surface area contributed by atoms with E-state index in [9.17, 15) is 9.90 Å². The number of aromatic nitrogens is 1. The summed E-state index contributed by atoms with van der Waals surface area (Å²) in [6.07, 6.45) is 6.82. The van der Waals surface area contributed by atoms with E-state index in [4.69, 9.17) is 4.74 Å². The van der Waals surface area contributed by atoms with Gasteiger partial charge in [0.25, 0.3) is 0 Å². The highest BCUT2D eigenvalue weighted by molar-refractivity contribution is 5.79. The average Bonchev–Trinajstić information content (AvgIpc) is 3.30. The monoisotopic (exact) mass is 408 g/mol. The van der Waals surface area contributed by atoms with Crippen LogP contribution in [0.2, 0.25) is 0 Å². The molecule has 1 aromatic heterocycles. The highest BCUT2D eigenvalue weighted by Gasteiger charge is 2.38. The molecule has 1 aliphatic heterocycles. The summed E-state index contributed by atoms with van der Waals surface area (Å²) >= 11 is 0. The molecular formula is C25H32N2O3. The minimum Gasteiger partial charge on any atom is -0.489 e. The number of aryl methyl sites for hydroxylation is 1. The maximum absolute atomic E-state index is 13.0. The number of hydrogen-bond donors (Lipinski definition) is 1. The summed E-state index contributed by atoms with van der Waals surface area (Å²) in [5.41, 5.74) is 5.32. The number of benzene rings is 1. The van der Waals surface area contributed by atoms with Gasteiger partial charge in [0, 0.05) is 42.9 Å². The molecule has 0 spiro atoms. The van der Waals surface area contributed by atoms with Crippen molar-refractivity contribution in [1.82, 2.24) is 9.88 Å². The second-order valence-electron chi connectivity index (χ2n) is 8.83. The zero-order chi connectivity index (χ0) is 21.3. The molecule has 5 nitrogen and oxygen atoms in total. The van der Waals surface area contributed by atoms with Crippen LogP contribution in [0.3, 0.4) is 0 Å². The Morgan fingerprint density at radius 3 is 2.80 bits per heavy atom. The number of fused-ring (bicyclic) bond motifs is 1. The Morgan fingerprint density at radius 1 is 1.33 bits per heavy atom. The third-order valence-corrected chi connectivity index (χ3v) is 6.92. The van der Waals surface area contributed by atoms with Crippen LogP contribution in [0.15, 0.2) is 30.6 Å². The third kappa shape index (κ3) is 3.95. The molecular weight excluding hydrogens is 376 g/mol. The Balaban J connectivity index is 1.57. The van der Waals surface area contributed by atoms with E-state index in [2.05, 4.69) is 18.0 Å². The van der Waals surface area contributed by atoms with Crippen LogP contribution < -0.4 is 4.74 Å². The van der Waals surface area contributed by atoms with Crippen LogP contribution in [0, 0.1) is 25.7 Å². The molecule has 160 valence electrons. The minimum absolute atomic E-state index is 0.0581. The first-order valence-electron chi connectivity index (χ1n) is 11.1. The fourth-order valence-corrected chi connectivity index (χ4v) is 5.11. The van der Waals surface area contributed by atoms with E-state index in [0.29, 0.717) is 6.61 Å². The van der Waals surface area contributed by atoms with E-state index in [1.54, 1.807) is 12.4 Å². The van der Waals surface area contributed by atoms with Crippen LogP contribution in [0.4, 0.5) is 0 Å². The van der Waals surface area contributed by atoms with Gasteiger partial charge in [0.2, 0.25) is 5.91 Å². The highest BCUT2D eigenvalue weighted by atomic mass is 16.5. The zero-order valence-electron chi connectivity index (χ0n) is 18.2. The molecule has 2 aliphatic rings. The smallest absolute Gasteiger partial charge is 0.225 e. The Bertz CT molecular complexity index is 906. The van der Waals surface area contributed by atoms with Crippen molar-refractivity contribution >= 4 is 5.91 Å². The van der Waals surface area contributed by atoms with Gasteiger partial charge in [0.05, 0.1) is 6.10 Å². The van der Waals surface area contributed by atoms with Crippen LogP contribution in [-0.2, 0) is 17.8 Å². The lowest BCUT2D eigenvalue weighted by Crippen LogP contribution is -2.39. The SMILES string of the molecule is Cc1cc(OCc2cccnc2)c(C)c2c1CCC(C(C)C(=O)N1CCCC1)C2O. The molecule has 4 rings (SSSR count). The first-order valence-corrected chi connectivity index (χ1v) is 11.1. The molecule has 3 unspecified atom stereocenters. The number of hydrogen-bond acceptors (Lipinski definition) is 4. The molecule has 2 aromatic rings. The maximum Gasteiger partial charge on any atom is 0.225 e. The van der Waals surface area contributed by atoms with Crippen molar-refractivity contribution in [3.8, 4) is 5.75 Å². The number of carbonyl (C=O) groups is 1. The molecule has 3 atom stereocenters. The van der Waals surface area contributed by atoms with E-state index >= 15 is 0 Å². The number of aliphatic hydroxyl groups is 1. The molecule has 1 aromatic carbocycles. The quantitative estimate of drug-likeness (QED) is 0.808. The lowest BCUT2D eigenvalue weighted by molar-refractivity contribution is -0.137. The van der Waals surface area contributed by atoms with Crippen molar-refractivity contribution in [2.75, 3.05) is 13.1 Å². The van der Waals surface area contributed by atoms with E-state index in [0.717, 1.165) is 66.8 Å². The molecule has 1 N–H and O–H groups in total. The van der Waals surface area contributed by atoms with Gasteiger partial charge < -0.3 is 14.7 Å². The van der Waals surface area contributed by atoms with Gasteiger partial charge in [0.15, 0.2) is 0 Å². The lowest BCUT2D eigenvalue weighted by Gasteiger charge is -2.37. The predicted molar refractivity (Wildman–Crippen MR) is 116 cm³/mol. The van der Waals surface area contributed by atoms with Gasteiger partial charge in [0.1, 0.15) is 12.4 Å². The number of aliphatic hydroxyl groups excluding tert-OH is 1. The summed E-state index contributed by atoms with van der Waals surface area (Å²) in [5, 5.41) is 11.4. The van der Waals surface area contributed by atoms with Crippen LogP contribution in [0.1, 0.15) is 60.1 Å². The average molecular weight is 409 g/mol. The Hall–Kier alpha value is -2.40. The Morgan fingerprint density at radius 2 is 2.10 bits per heavy atom. The van der Waals surface area contributed by atoms with Crippen molar-refractivity contribution in [3.63, 3.8) is 0 Å². The van der Waals surface area contributed by atoms with Gasteiger partial charge >= 0.3 is 0 Å². The van der Waals surface area contributed by atoms with E-state index in [1.807, 2.05) is 30.9 Å². The molecule has 30 heavy (non-hydrogen) atoms. The van der Waals surface area contributed by atoms with Gasteiger partial charge in [-0.1, -0.05) is 13.0 Å². The van der Waals surface area contributed by atoms with Crippen LogP contribution in [0.5, 0.6) is 5.75 Å². The number of ether oxygens (including phenoxy) is 1. The molecule has 2 heterocycles. The number of nitrogens with zero attached hydrogens (tertiary/aromatic N) is 2. The number of likely N-dealkylation sites (tertiary alicyclic amines) is 1. The molecule has 0 saturated carbocycles. The van der Waals surface area contributed by atoms with Crippen molar-refractivity contribution in [1.29, 1.82) is 0 Å². The summed E-state index contributed by atoms with van der Waals surface area (Å²) in [4.78, 5) is 19.1. The molecule has 1 aliphatic carbocycles. The molecule has 0 bridgehead atoms. The molecule has 5 heteroatoms. The second kappa shape index (κ2) is 8.76. The fraction of sp³-hybridized carbons (Fsp3) is 0.520. The van der Waals surface area contributed by atoms with Gasteiger partial charge in [-0.15, -0.1) is 0 Å². The minimum atomic E-state index is -0.643. The zero-order valence-corrected chi connectivity index (χ0v) is 18.2. The molecule has 1 fully saturated rings. The van der Waals surface area contributed by atoms with Crippen molar-refractivity contribution in [3.05, 3.63) is 58.4 Å². The van der Waals surface area contributed by atoms with Crippen LogP contribution >= 0.6 is 0 Å². The summed E-state index contributed by atoms with van der Waals surface area (Å²) in [5.74, 6) is 0.759. The third-order valence-electron chi connectivity index (χ3n) is 6.92. The largest absolute Gasteiger partial charge is 0.489 e. The number of pyridine rings is 1. The standard InChI is InChI=1S/C25H32N2O3/c1-16-13-22(30-15-19-7-6-10-26-14-19)18(3)23-20(16)8-9-21(24(23)28)17(2)25(29)27-11-4-5-12-27/h6-7,10,13-14,17,21,24,28H,4-5,8-9,11-12,15H2,1-3H3. The Labute approximate surface area is 179 Å². The first kappa shape index (κ1) is 20.9. The number of carbonyl (C=O) groups excluding carboxylic acids is 1. The van der Waals surface area contributed by atoms with Gasteiger partial charge in [-0.2, -0.15) is 0 Å². The normalized spacial score (nSPS) is 21.9. The molecule has 0 radical (unpaired) electrons. The number of amides is 1. The van der Waals surface area contributed by atoms with Crippen molar-refractivity contribution in [2.45, 2.75) is 59.2 Å². The van der Waals surface area contributed by atoms with Gasteiger partial charge in [-0.25, -0.2) is 0 Å². The van der Waals surface area contributed by atoms with Crippen molar-refractivity contribution < 1.29 is 14.6 Å². The molecule has 1 saturated heterocycles. The summed E-state index contributed by atoms with van der Waals surface area (Å²) in [6.45, 7) is 8.25. The second-order valence-corrected chi connectivity index (χ2v) is 8.83. The summed E-state index contributed by atoms with van der Waals surface area (Å²) in [7, 11) is 0. The summed E-state index contributed by atoms with van der Waals surface area (Å²) in [6, 6.07) is 5.97. The van der Waals surface area contributed by atoms with Crippen LogP contribution in [0.25, 0.3) is 0 Å². The van der Waals surface area contributed by atoms with Gasteiger partial charge in [-0.05, 0) is 73.9 Å². The fourth-order valence-electron chi connectivity index (χ4n) is 5.11. The lowest BCUT2D eigenvalue weighted by atomic mass is 9.72. The first-order chi connectivity index (χ1) is 14.5. The van der Waals surface area contributed by atoms with Gasteiger partial charge in [-0.3, -0.25) is 9.78 Å². The number of rotatable bonds is 5. The van der Waals surface area contributed by atoms with Crippen LogP contribution in [-0.4, -0.2) is 34.0 Å². The molecule has 1 amide bonds. The topological polar surface area (TPSA) is 62.7 Å². The van der Waals surface area contributed by atoms with E-state index < -0.39 is 6.10 Å². The Kier molecular flexibility index (Phi) is 6.09. The predicted octanol–water partition coefficient (Wildman–Crippen LogP) is 4.13. The highest BCUT2D eigenvalue weighted by Crippen LogP contribution is 2.44. The van der Waals surface area contributed by atoms with E-state index in [1.165, 1.54) is 5.56 Å². The summed E-state index contributed by atoms with van der Waals surface area (Å²) < 4.78 is 6.12. The maximum atomic E-state index is 13.0.